The predicted octanol–water partition coefficient (Wildman–Crippen LogP) is 3.32. The minimum atomic E-state index is -0.598. The van der Waals surface area contributed by atoms with Gasteiger partial charge in [-0.25, -0.2) is 0 Å². The van der Waals surface area contributed by atoms with Crippen molar-refractivity contribution >= 4 is 11.8 Å². The maximum absolute atomic E-state index is 12.9. The number of hydrogen-bond acceptors (Lipinski definition) is 3. The summed E-state index contributed by atoms with van der Waals surface area (Å²) in [6.07, 6.45) is 0. The number of ether oxygens (including phenoxy) is 1. The molecule has 2 rings (SSSR count). The Morgan fingerprint density at radius 3 is 2.26 bits per heavy atom. The first kappa shape index (κ1) is 20.5. The predicted molar refractivity (Wildman–Crippen MR) is 106 cm³/mol. The lowest BCUT2D eigenvalue weighted by Gasteiger charge is -2.29. The summed E-state index contributed by atoms with van der Waals surface area (Å²) in [5.41, 5.74) is 2.09. The Labute approximate surface area is 161 Å². The molecular formula is C22H28N2O3. The van der Waals surface area contributed by atoms with Crippen LogP contribution < -0.4 is 10.1 Å². The number of para-hydroxylation sites is 1. The third-order valence-electron chi connectivity index (χ3n) is 4.31. The lowest BCUT2D eigenvalue weighted by Crippen LogP contribution is -2.50. The molecule has 0 aliphatic carbocycles. The molecule has 27 heavy (non-hydrogen) atoms. The second-order valence-corrected chi connectivity index (χ2v) is 6.89. The fourth-order valence-electron chi connectivity index (χ4n) is 2.70. The first-order valence-electron chi connectivity index (χ1n) is 9.20. The van der Waals surface area contributed by atoms with Gasteiger partial charge in [-0.15, -0.1) is 0 Å². The van der Waals surface area contributed by atoms with E-state index in [2.05, 4.69) is 5.32 Å². The number of rotatable bonds is 8. The molecule has 5 nitrogen and oxygen atoms in total. The van der Waals surface area contributed by atoms with Gasteiger partial charge in [0.2, 0.25) is 5.91 Å². The SMILES string of the molecule is Cc1ccccc1CN(C(=O)COc1ccccc1)[C@@H](C)C(=O)NC(C)C. The molecule has 0 aliphatic heterocycles. The van der Waals surface area contributed by atoms with Crippen LogP contribution in [-0.4, -0.2) is 35.4 Å². The van der Waals surface area contributed by atoms with Gasteiger partial charge in [-0.2, -0.15) is 0 Å². The molecule has 1 atom stereocenters. The lowest BCUT2D eigenvalue weighted by molar-refractivity contribution is -0.142. The summed E-state index contributed by atoms with van der Waals surface area (Å²) >= 11 is 0. The van der Waals surface area contributed by atoms with E-state index in [-0.39, 0.29) is 24.5 Å². The van der Waals surface area contributed by atoms with Crippen LogP contribution >= 0.6 is 0 Å². The monoisotopic (exact) mass is 368 g/mol. The molecule has 2 amide bonds. The van der Waals surface area contributed by atoms with Crippen molar-refractivity contribution < 1.29 is 14.3 Å². The van der Waals surface area contributed by atoms with Crippen LogP contribution in [0.5, 0.6) is 5.75 Å². The van der Waals surface area contributed by atoms with Crippen molar-refractivity contribution in [2.75, 3.05) is 6.61 Å². The summed E-state index contributed by atoms with van der Waals surface area (Å²) in [7, 11) is 0. The highest BCUT2D eigenvalue weighted by atomic mass is 16.5. The normalized spacial score (nSPS) is 11.7. The maximum atomic E-state index is 12.9. The molecule has 5 heteroatoms. The summed E-state index contributed by atoms with van der Waals surface area (Å²) in [5, 5.41) is 2.88. The number of amides is 2. The van der Waals surface area contributed by atoms with Crippen molar-refractivity contribution in [2.45, 2.75) is 46.3 Å². The van der Waals surface area contributed by atoms with Crippen molar-refractivity contribution in [2.24, 2.45) is 0 Å². The lowest BCUT2D eigenvalue weighted by atomic mass is 10.1. The van der Waals surface area contributed by atoms with Crippen LogP contribution in [-0.2, 0) is 16.1 Å². The van der Waals surface area contributed by atoms with Crippen LogP contribution in [0.15, 0.2) is 54.6 Å². The third-order valence-corrected chi connectivity index (χ3v) is 4.31. The van der Waals surface area contributed by atoms with Crippen LogP contribution in [0.25, 0.3) is 0 Å². The molecule has 0 aliphatic rings. The molecule has 2 aromatic rings. The Morgan fingerprint density at radius 1 is 1.00 bits per heavy atom. The molecule has 0 unspecified atom stereocenters. The molecule has 0 aromatic heterocycles. The molecule has 0 saturated carbocycles. The highest BCUT2D eigenvalue weighted by Crippen LogP contribution is 2.15. The van der Waals surface area contributed by atoms with Crippen LogP contribution in [0, 0.1) is 6.92 Å². The van der Waals surface area contributed by atoms with Crippen LogP contribution in [0.3, 0.4) is 0 Å². The average molecular weight is 368 g/mol. The van der Waals surface area contributed by atoms with E-state index >= 15 is 0 Å². The number of carbonyl (C=O) groups excluding carboxylic acids is 2. The van der Waals surface area contributed by atoms with E-state index in [1.165, 1.54) is 0 Å². The average Bonchev–Trinajstić information content (AvgIpc) is 2.65. The molecule has 0 fully saturated rings. The van der Waals surface area contributed by atoms with Gasteiger partial charge in [0.25, 0.3) is 5.91 Å². The molecule has 1 N–H and O–H groups in total. The number of aryl methyl sites for hydroxylation is 1. The molecule has 0 heterocycles. The zero-order valence-corrected chi connectivity index (χ0v) is 16.4. The Hall–Kier alpha value is -2.82. The Morgan fingerprint density at radius 2 is 1.63 bits per heavy atom. The van der Waals surface area contributed by atoms with Crippen molar-refractivity contribution in [3.8, 4) is 5.75 Å². The van der Waals surface area contributed by atoms with Gasteiger partial charge in [-0.05, 0) is 51.0 Å². The summed E-state index contributed by atoms with van der Waals surface area (Å²) < 4.78 is 5.60. The number of nitrogens with one attached hydrogen (secondary N) is 1. The number of benzene rings is 2. The molecule has 0 radical (unpaired) electrons. The van der Waals surface area contributed by atoms with Gasteiger partial charge in [0.15, 0.2) is 6.61 Å². The Kier molecular flexibility index (Phi) is 7.41. The standard InChI is InChI=1S/C22H28N2O3/c1-16(2)23-22(26)18(4)24(14-19-11-9-8-10-17(19)3)21(25)15-27-20-12-6-5-7-13-20/h5-13,16,18H,14-15H2,1-4H3,(H,23,26)/t18-/m0/s1. The van der Waals surface area contributed by atoms with Crippen molar-refractivity contribution in [3.63, 3.8) is 0 Å². The van der Waals surface area contributed by atoms with E-state index in [4.69, 9.17) is 4.74 Å². The van der Waals surface area contributed by atoms with Crippen molar-refractivity contribution in [1.82, 2.24) is 10.2 Å². The zero-order valence-electron chi connectivity index (χ0n) is 16.4. The van der Waals surface area contributed by atoms with Crippen LogP contribution in [0.1, 0.15) is 31.9 Å². The Bertz CT molecular complexity index is 759. The quantitative estimate of drug-likeness (QED) is 0.778. The first-order valence-corrected chi connectivity index (χ1v) is 9.20. The zero-order chi connectivity index (χ0) is 19.8. The fourth-order valence-corrected chi connectivity index (χ4v) is 2.70. The fraction of sp³-hybridized carbons (Fsp3) is 0.364. The number of nitrogens with zero attached hydrogens (tertiary/aromatic N) is 1. The minimum absolute atomic E-state index is 0.0101. The second-order valence-electron chi connectivity index (χ2n) is 6.89. The summed E-state index contributed by atoms with van der Waals surface area (Å²) in [6.45, 7) is 7.78. The highest BCUT2D eigenvalue weighted by Gasteiger charge is 2.27. The van der Waals surface area contributed by atoms with Crippen molar-refractivity contribution in [1.29, 1.82) is 0 Å². The number of hydrogen-bond donors (Lipinski definition) is 1. The molecule has 0 bridgehead atoms. The number of carbonyl (C=O) groups is 2. The van der Waals surface area contributed by atoms with Crippen molar-refractivity contribution in [3.05, 3.63) is 65.7 Å². The summed E-state index contributed by atoms with van der Waals surface area (Å²) in [6, 6.07) is 16.5. The molecule has 0 saturated heterocycles. The van der Waals surface area contributed by atoms with Gasteiger partial charge in [-0.1, -0.05) is 42.5 Å². The van der Waals surface area contributed by atoms with E-state index in [1.807, 2.05) is 63.2 Å². The third kappa shape index (κ3) is 6.13. The van der Waals surface area contributed by atoms with E-state index in [9.17, 15) is 9.59 Å². The molecule has 2 aromatic carbocycles. The first-order chi connectivity index (χ1) is 12.9. The largest absolute Gasteiger partial charge is 0.484 e. The second kappa shape index (κ2) is 9.76. The topological polar surface area (TPSA) is 58.6 Å². The van der Waals surface area contributed by atoms with E-state index < -0.39 is 6.04 Å². The van der Waals surface area contributed by atoms with E-state index in [1.54, 1.807) is 24.0 Å². The summed E-state index contributed by atoms with van der Waals surface area (Å²) in [4.78, 5) is 27.0. The highest BCUT2D eigenvalue weighted by molar-refractivity contribution is 5.88. The van der Waals surface area contributed by atoms with E-state index in [0.29, 0.717) is 12.3 Å². The van der Waals surface area contributed by atoms with Gasteiger partial charge in [0, 0.05) is 12.6 Å². The van der Waals surface area contributed by atoms with Crippen LogP contribution in [0.4, 0.5) is 0 Å². The van der Waals surface area contributed by atoms with Crippen LogP contribution in [0.2, 0.25) is 0 Å². The molecule has 0 spiro atoms. The van der Waals surface area contributed by atoms with Gasteiger partial charge in [0.05, 0.1) is 0 Å². The van der Waals surface area contributed by atoms with Gasteiger partial charge in [0.1, 0.15) is 11.8 Å². The van der Waals surface area contributed by atoms with Gasteiger partial charge in [-0.3, -0.25) is 9.59 Å². The van der Waals surface area contributed by atoms with E-state index in [0.717, 1.165) is 11.1 Å². The minimum Gasteiger partial charge on any atom is -0.484 e. The summed E-state index contributed by atoms with van der Waals surface area (Å²) in [5.74, 6) is 0.223. The smallest absolute Gasteiger partial charge is 0.261 e. The van der Waals surface area contributed by atoms with Gasteiger partial charge < -0.3 is 15.0 Å². The Balaban J connectivity index is 2.15. The maximum Gasteiger partial charge on any atom is 0.261 e. The molecule has 144 valence electrons. The van der Waals surface area contributed by atoms with Gasteiger partial charge >= 0.3 is 0 Å². The molecular weight excluding hydrogens is 340 g/mol.